The first kappa shape index (κ1) is 12.5. The Morgan fingerprint density at radius 3 is 2.74 bits per heavy atom. The molecule has 0 unspecified atom stereocenters. The summed E-state index contributed by atoms with van der Waals surface area (Å²) in [6.45, 7) is 6.99. The van der Waals surface area contributed by atoms with Crippen molar-refractivity contribution in [3.63, 3.8) is 0 Å². The average molecular weight is 257 g/mol. The minimum atomic E-state index is 0.617. The Morgan fingerprint density at radius 1 is 1.21 bits per heavy atom. The Morgan fingerprint density at radius 2 is 2.00 bits per heavy atom. The molecule has 3 rings (SSSR count). The predicted molar refractivity (Wildman–Crippen MR) is 81.7 cm³/mol. The summed E-state index contributed by atoms with van der Waals surface area (Å²) >= 11 is 0. The molecular weight excluding hydrogens is 234 g/mol. The molecule has 0 aliphatic carbocycles. The number of aromatic amines is 1. The standard InChI is InChI=1S/C16H23N3/c1-12(2)19-9-6-14(7-10-19)18-15-3-4-16-13(11-15)5-8-17-16/h3-5,8,11-12,14,17-18H,6-7,9-10H2,1-2H3. The lowest BCUT2D eigenvalue weighted by molar-refractivity contribution is 0.177. The largest absolute Gasteiger partial charge is 0.382 e. The predicted octanol–water partition coefficient (Wildman–Crippen LogP) is 3.45. The van der Waals surface area contributed by atoms with Crippen molar-refractivity contribution in [3.8, 4) is 0 Å². The van der Waals surface area contributed by atoms with Crippen molar-refractivity contribution in [2.45, 2.75) is 38.8 Å². The van der Waals surface area contributed by atoms with Crippen LogP contribution in [0, 0.1) is 0 Å². The third kappa shape index (κ3) is 2.76. The molecule has 1 fully saturated rings. The highest BCUT2D eigenvalue weighted by molar-refractivity contribution is 5.83. The zero-order valence-corrected chi connectivity index (χ0v) is 11.8. The van der Waals surface area contributed by atoms with Crippen LogP contribution in [-0.4, -0.2) is 35.1 Å². The van der Waals surface area contributed by atoms with Crippen LogP contribution in [0.2, 0.25) is 0 Å². The first-order valence-electron chi connectivity index (χ1n) is 7.30. The molecule has 2 heterocycles. The number of rotatable bonds is 3. The van der Waals surface area contributed by atoms with Crippen molar-refractivity contribution in [1.29, 1.82) is 0 Å². The number of nitrogens with one attached hydrogen (secondary N) is 2. The first-order valence-corrected chi connectivity index (χ1v) is 7.30. The summed E-state index contributed by atoms with van der Waals surface area (Å²) in [5.41, 5.74) is 2.45. The molecule has 1 aliphatic rings. The van der Waals surface area contributed by atoms with Crippen LogP contribution in [-0.2, 0) is 0 Å². The fourth-order valence-corrected chi connectivity index (χ4v) is 2.94. The van der Waals surface area contributed by atoms with E-state index in [0.717, 1.165) is 0 Å². The number of anilines is 1. The van der Waals surface area contributed by atoms with Gasteiger partial charge in [0.2, 0.25) is 0 Å². The number of benzene rings is 1. The highest BCUT2D eigenvalue weighted by Gasteiger charge is 2.20. The van der Waals surface area contributed by atoms with Gasteiger partial charge in [-0.05, 0) is 51.0 Å². The minimum absolute atomic E-state index is 0.617. The molecule has 0 bridgehead atoms. The van der Waals surface area contributed by atoms with Gasteiger partial charge in [0, 0.05) is 48.0 Å². The Balaban J connectivity index is 1.62. The van der Waals surface area contributed by atoms with Crippen molar-refractivity contribution in [2.75, 3.05) is 18.4 Å². The molecule has 0 saturated carbocycles. The van der Waals surface area contributed by atoms with Crippen molar-refractivity contribution in [1.82, 2.24) is 9.88 Å². The van der Waals surface area contributed by atoms with Crippen molar-refractivity contribution < 1.29 is 0 Å². The quantitative estimate of drug-likeness (QED) is 0.882. The van der Waals surface area contributed by atoms with Gasteiger partial charge in [-0.1, -0.05) is 0 Å². The molecule has 2 aromatic rings. The van der Waals surface area contributed by atoms with Crippen LogP contribution < -0.4 is 5.32 Å². The van der Waals surface area contributed by atoms with Crippen molar-refractivity contribution >= 4 is 16.6 Å². The van der Waals surface area contributed by atoms with Crippen molar-refractivity contribution in [2.24, 2.45) is 0 Å². The lowest BCUT2D eigenvalue weighted by Crippen LogP contribution is -2.42. The molecule has 2 N–H and O–H groups in total. The van der Waals surface area contributed by atoms with E-state index in [2.05, 4.69) is 53.3 Å². The highest BCUT2D eigenvalue weighted by atomic mass is 15.2. The molecule has 1 saturated heterocycles. The molecule has 0 radical (unpaired) electrons. The van der Waals surface area contributed by atoms with Crippen LogP contribution in [0.25, 0.3) is 10.9 Å². The van der Waals surface area contributed by atoms with Gasteiger partial charge >= 0.3 is 0 Å². The van der Waals surface area contributed by atoms with Gasteiger partial charge < -0.3 is 15.2 Å². The van der Waals surface area contributed by atoms with E-state index in [1.807, 2.05) is 6.20 Å². The molecule has 1 aromatic carbocycles. The lowest BCUT2D eigenvalue weighted by Gasteiger charge is -2.35. The smallest absolute Gasteiger partial charge is 0.0455 e. The molecule has 19 heavy (non-hydrogen) atoms. The van der Waals surface area contributed by atoms with Gasteiger partial charge in [-0.15, -0.1) is 0 Å². The second kappa shape index (κ2) is 5.25. The molecule has 1 aromatic heterocycles. The maximum Gasteiger partial charge on any atom is 0.0455 e. The second-order valence-electron chi connectivity index (χ2n) is 5.83. The summed E-state index contributed by atoms with van der Waals surface area (Å²) in [5, 5.41) is 4.96. The van der Waals surface area contributed by atoms with Crippen LogP contribution in [0.5, 0.6) is 0 Å². The molecule has 3 heteroatoms. The van der Waals surface area contributed by atoms with Crippen LogP contribution in [0.3, 0.4) is 0 Å². The van der Waals surface area contributed by atoms with Gasteiger partial charge in [-0.2, -0.15) is 0 Å². The fraction of sp³-hybridized carbons (Fsp3) is 0.500. The van der Waals surface area contributed by atoms with Crippen LogP contribution in [0.15, 0.2) is 30.5 Å². The number of hydrogen-bond acceptors (Lipinski definition) is 2. The Hall–Kier alpha value is -1.48. The maximum absolute atomic E-state index is 3.68. The summed E-state index contributed by atoms with van der Waals surface area (Å²) in [5.74, 6) is 0. The number of likely N-dealkylation sites (tertiary alicyclic amines) is 1. The van der Waals surface area contributed by atoms with E-state index in [9.17, 15) is 0 Å². The van der Waals surface area contributed by atoms with Crippen LogP contribution in [0.1, 0.15) is 26.7 Å². The van der Waals surface area contributed by atoms with E-state index in [1.165, 1.54) is 42.5 Å². The van der Waals surface area contributed by atoms with Crippen LogP contribution in [0.4, 0.5) is 5.69 Å². The monoisotopic (exact) mass is 257 g/mol. The summed E-state index contributed by atoms with van der Waals surface area (Å²) < 4.78 is 0. The molecule has 0 amide bonds. The average Bonchev–Trinajstić information content (AvgIpc) is 2.87. The van der Waals surface area contributed by atoms with E-state index >= 15 is 0 Å². The van der Waals surface area contributed by atoms with Gasteiger partial charge in [-0.3, -0.25) is 0 Å². The zero-order chi connectivity index (χ0) is 13.2. The molecular formula is C16H23N3. The topological polar surface area (TPSA) is 31.1 Å². The van der Waals surface area contributed by atoms with Crippen molar-refractivity contribution in [3.05, 3.63) is 30.5 Å². The third-order valence-corrected chi connectivity index (χ3v) is 4.18. The molecule has 3 nitrogen and oxygen atoms in total. The Bertz CT molecular complexity index is 536. The summed E-state index contributed by atoms with van der Waals surface area (Å²) in [7, 11) is 0. The van der Waals surface area contributed by atoms with E-state index in [4.69, 9.17) is 0 Å². The van der Waals surface area contributed by atoms with Gasteiger partial charge in [-0.25, -0.2) is 0 Å². The second-order valence-corrected chi connectivity index (χ2v) is 5.83. The third-order valence-electron chi connectivity index (χ3n) is 4.18. The van der Waals surface area contributed by atoms with E-state index in [0.29, 0.717) is 12.1 Å². The SMILES string of the molecule is CC(C)N1CCC(Nc2ccc3[nH]ccc3c2)CC1. The first-order chi connectivity index (χ1) is 9.22. The minimum Gasteiger partial charge on any atom is -0.382 e. The molecule has 0 spiro atoms. The number of H-pyrrole nitrogens is 1. The molecule has 102 valence electrons. The number of aromatic nitrogens is 1. The summed E-state index contributed by atoms with van der Waals surface area (Å²) in [4.78, 5) is 5.80. The number of hydrogen-bond donors (Lipinski definition) is 2. The van der Waals surface area contributed by atoms with Gasteiger partial charge in [0.25, 0.3) is 0 Å². The number of piperidine rings is 1. The zero-order valence-electron chi connectivity index (χ0n) is 11.8. The van der Waals surface area contributed by atoms with Gasteiger partial charge in [0.1, 0.15) is 0 Å². The van der Waals surface area contributed by atoms with E-state index in [-0.39, 0.29) is 0 Å². The van der Waals surface area contributed by atoms with Gasteiger partial charge in [0.05, 0.1) is 0 Å². The van der Waals surface area contributed by atoms with E-state index < -0.39 is 0 Å². The summed E-state index contributed by atoms with van der Waals surface area (Å²) in [6, 6.07) is 9.99. The number of nitrogens with zero attached hydrogens (tertiary/aromatic N) is 1. The lowest BCUT2D eigenvalue weighted by atomic mass is 10.0. The van der Waals surface area contributed by atoms with Crippen LogP contribution >= 0.6 is 0 Å². The Labute approximate surface area is 115 Å². The molecule has 0 atom stereocenters. The normalized spacial score (nSPS) is 18.3. The highest BCUT2D eigenvalue weighted by Crippen LogP contribution is 2.21. The Kier molecular flexibility index (Phi) is 3.47. The fourth-order valence-electron chi connectivity index (χ4n) is 2.94. The summed E-state index contributed by atoms with van der Waals surface area (Å²) in [6.07, 6.45) is 4.47. The van der Waals surface area contributed by atoms with Gasteiger partial charge in [0.15, 0.2) is 0 Å². The molecule has 1 aliphatic heterocycles. The van der Waals surface area contributed by atoms with E-state index in [1.54, 1.807) is 0 Å². The number of fused-ring (bicyclic) bond motifs is 1. The maximum atomic E-state index is 3.68.